The summed E-state index contributed by atoms with van der Waals surface area (Å²) in [5.41, 5.74) is -0.322. The number of nitrogens with one attached hydrogen (secondary N) is 4. The molecule has 234 valence electrons. The zero-order chi connectivity index (χ0) is 32.0. The van der Waals surface area contributed by atoms with E-state index in [0.717, 1.165) is 0 Å². The summed E-state index contributed by atoms with van der Waals surface area (Å²) in [4.78, 5) is 79.0. The second-order valence-corrected chi connectivity index (χ2v) is 11.1. The van der Waals surface area contributed by atoms with Crippen molar-refractivity contribution < 1.29 is 39.0 Å². The zero-order valence-corrected chi connectivity index (χ0v) is 25.2. The molecule has 0 aromatic carbocycles. The number of carbonyl (C=O) groups excluding carboxylic acids is 4. The first-order chi connectivity index (χ1) is 19.7. The Hall–Kier alpha value is -4.03. The molecule has 0 radical (unpaired) electrons. The van der Waals surface area contributed by atoms with Crippen LogP contribution in [-0.2, 0) is 19.2 Å². The second kappa shape index (κ2) is 17.7. The number of aliphatic carboxylic acids is 2. The lowest BCUT2D eigenvalue weighted by Gasteiger charge is -2.23. The standard InChI is InChI=1S/C29H45N5O8/c1-7-10-20(28(39)40)31-26(37)22(14-16(3)4)33-24(35)18-12-9-13-19(30-18)25(36)34-23(15-17(5)6)27(38)32-21(11-8-2)29(41)42/h9,12-13,16-17,20-23H,7-8,10-11,14-15H2,1-6H3,(H,31,37)(H,32,38)(H,33,35)(H,34,36)(H,39,40)(H,41,42)/t20?,21?,22-,23+. The molecular formula is C29H45N5O8. The van der Waals surface area contributed by atoms with E-state index < -0.39 is 59.7 Å². The van der Waals surface area contributed by atoms with E-state index in [1.165, 1.54) is 18.2 Å². The molecule has 1 aromatic heterocycles. The first kappa shape index (κ1) is 36.0. The first-order valence-corrected chi connectivity index (χ1v) is 14.3. The number of carboxylic acids is 2. The summed E-state index contributed by atoms with van der Waals surface area (Å²) in [6.07, 6.45) is 2.00. The highest BCUT2D eigenvalue weighted by atomic mass is 16.4. The van der Waals surface area contributed by atoms with Gasteiger partial charge in [-0.3, -0.25) is 19.2 Å². The number of rotatable bonds is 18. The van der Waals surface area contributed by atoms with E-state index >= 15 is 0 Å². The molecular weight excluding hydrogens is 546 g/mol. The van der Waals surface area contributed by atoms with E-state index in [2.05, 4.69) is 26.3 Å². The maximum atomic E-state index is 13.1. The normalized spacial score (nSPS) is 13.9. The molecule has 0 aliphatic rings. The third kappa shape index (κ3) is 12.2. The van der Waals surface area contributed by atoms with Gasteiger partial charge in [0, 0.05) is 0 Å². The average Bonchev–Trinajstić information content (AvgIpc) is 2.90. The highest BCUT2D eigenvalue weighted by Crippen LogP contribution is 2.11. The van der Waals surface area contributed by atoms with E-state index in [-0.39, 0.29) is 48.9 Å². The number of hydrogen-bond donors (Lipinski definition) is 6. The Morgan fingerprint density at radius 3 is 1.29 bits per heavy atom. The van der Waals surface area contributed by atoms with Crippen LogP contribution in [0.2, 0.25) is 0 Å². The topological polar surface area (TPSA) is 204 Å². The Balaban J connectivity index is 3.10. The minimum absolute atomic E-state index is 0.0114. The Labute approximate surface area is 246 Å². The largest absolute Gasteiger partial charge is 0.480 e. The van der Waals surface area contributed by atoms with Crippen molar-refractivity contribution in [2.45, 2.75) is 104 Å². The molecule has 13 heteroatoms. The molecule has 1 rings (SSSR count). The van der Waals surface area contributed by atoms with Gasteiger partial charge in [0.1, 0.15) is 35.6 Å². The summed E-state index contributed by atoms with van der Waals surface area (Å²) in [5.74, 6) is -5.14. The van der Waals surface area contributed by atoms with Crippen LogP contribution >= 0.6 is 0 Å². The molecule has 0 aliphatic heterocycles. The van der Waals surface area contributed by atoms with Crippen LogP contribution in [0.1, 0.15) is 101 Å². The minimum atomic E-state index is -1.17. The van der Waals surface area contributed by atoms with Crippen LogP contribution < -0.4 is 21.3 Å². The third-order valence-electron chi connectivity index (χ3n) is 6.26. The fourth-order valence-electron chi connectivity index (χ4n) is 4.19. The van der Waals surface area contributed by atoms with E-state index in [1.807, 2.05) is 27.7 Å². The van der Waals surface area contributed by atoms with Crippen LogP contribution in [0.3, 0.4) is 0 Å². The summed E-state index contributed by atoms with van der Waals surface area (Å²) in [5, 5.41) is 28.9. The lowest BCUT2D eigenvalue weighted by molar-refractivity contribution is -0.142. The summed E-state index contributed by atoms with van der Waals surface area (Å²) in [6, 6.07) is -0.136. The predicted molar refractivity (Wildman–Crippen MR) is 155 cm³/mol. The molecule has 1 heterocycles. The average molecular weight is 592 g/mol. The van der Waals surface area contributed by atoms with Crippen LogP contribution in [0, 0.1) is 11.8 Å². The number of carboxylic acid groups (broad SMARTS) is 2. The monoisotopic (exact) mass is 591 g/mol. The highest BCUT2D eigenvalue weighted by molar-refractivity contribution is 6.00. The van der Waals surface area contributed by atoms with Crippen molar-refractivity contribution in [3.63, 3.8) is 0 Å². The Kier molecular flexibility index (Phi) is 15.2. The first-order valence-electron chi connectivity index (χ1n) is 14.3. The summed E-state index contributed by atoms with van der Waals surface area (Å²) in [7, 11) is 0. The van der Waals surface area contributed by atoms with Crippen molar-refractivity contribution in [1.29, 1.82) is 0 Å². The molecule has 4 amide bonds. The van der Waals surface area contributed by atoms with Gasteiger partial charge in [0.25, 0.3) is 11.8 Å². The number of aromatic nitrogens is 1. The summed E-state index contributed by atoms with van der Waals surface area (Å²) in [6.45, 7) is 11.0. The van der Waals surface area contributed by atoms with E-state index in [9.17, 15) is 39.0 Å². The third-order valence-corrected chi connectivity index (χ3v) is 6.26. The lowest BCUT2D eigenvalue weighted by atomic mass is 10.0. The van der Waals surface area contributed by atoms with Crippen molar-refractivity contribution in [1.82, 2.24) is 26.3 Å². The van der Waals surface area contributed by atoms with Gasteiger partial charge in [0.2, 0.25) is 11.8 Å². The van der Waals surface area contributed by atoms with Crippen molar-refractivity contribution >= 4 is 35.6 Å². The molecule has 6 N–H and O–H groups in total. The highest BCUT2D eigenvalue weighted by Gasteiger charge is 2.29. The minimum Gasteiger partial charge on any atom is -0.480 e. The maximum Gasteiger partial charge on any atom is 0.326 e. The van der Waals surface area contributed by atoms with Crippen molar-refractivity contribution in [2.75, 3.05) is 0 Å². The molecule has 2 unspecified atom stereocenters. The number of carbonyl (C=O) groups is 6. The summed E-state index contributed by atoms with van der Waals surface area (Å²) >= 11 is 0. The van der Waals surface area contributed by atoms with Gasteiger partial charge in [0.15, 0.2) is 0 Å². The lowest BCUT2D eigenvalue weighted by Crippen LogP contribution is -2.52. The fourth-order valence-corrected chi connectivity index (χ4v) is 4.19. The van der Waals surface area contributed by atoms with Gasteiger partial charge in [-0.1, -0.05) is 60.5 Å². The van der Waals surface area contributed by atoms with Crippen molar-refractivity contribution in [3.8, 4) is 0 Å². The van der Waals surface area contributed by atoms with Gasteiger partial charge in [0.05, 0.1) is 0 Å². The van der Waals surface area contributed by atoms with Crippen LogP contribution in [0.15, 0.2) is 18.2 Å². The Morgan fingerprint density at radius 2 is 1.00 bits per heavy atom. The van der Waals surface area contributed by atoms with Gasteiger partial charge >= 0.3 is 11.9 Å². The summed E-state index contributed by atoms with van der Waals surface area (Å²) < 4.78 is 0. The molecule has 13 nitrogen and oxygen atoms in total. The van der Waals surface area contributed by atoms with E-state index in [1.54, 1.807) is 13.8 Å². The van der Waals surface area contributed by atoms with Gasteiger partial charge in [-0.25, -0.2) is 14.6 Å². The molecule has 0 saturated heterocycles. The van der Waals surface area contributed by atoms with Crippen molar-refractivity contribution in [3.05, 3.63) is 29.6 Å². The van der Waals surface area contributed by atoms with Gasteiger partial charge < -0.3 is 31.5 Å². The zero-order valence-electron chi connectivity index (χ0n) is 25.2. The second-order valence-electron chi connectivity index (χ2n) is 11.1. The molecule has 0 spiro atoms. The van der Waals surface area contributed by atoms with Crippen molar-refractivity contribution in [2.24, 2.45) is 11.8 Å². The molecule has 4 atom stereocenters. The fraction of sp³-hybridized carbons (Fsp3) is 0.621. The number of hydrogen-bond acceptors (Lipinski definition) is 7. The van der Waals surface area contributed by atoms with Gasteiger partial charge in [-0.05, 0) is 49.7 Å². The van der Waals surface area contributed by atoms with Gasteiger partial charge in [-0.2, -0.15) is 0 Å². The number of pyridine rings is 1. The SMILES string of the molecule is CCCC(NC(=O)[C@H](CC(C)C)NC(=O)c1cccc(C(=O)N[C@H](CC(C)C)C(=O)NC(CCC)C(=O)O)n1)C(=O)O. The molecule has 0 aliphatic carbocycles. The maximum absolute atomic E-state index is 13.1. The molecule has 1 aromatic rings. The van der Waals surface area contributed by atoms with Crippen LogP contribution in [0.5, 0.6) is 0 Å². The van der Waals surface area contributed by atoms with E-state index in [0.29, 0.717) is 12.8 Å². The van der Waals surface area contributed by atoms with E-state index in [4.69, 9.17) is 0 Å². The molecule has 0 bridgehead atoms. The molecule has 0 fully saturated rings. The van der Waals surface area contributed by atoms with Crippen LogP contribution in [0.4, 0.5) is 0 Å². The molecule has 42 heavy (non-hydrogen) atoms. The quantitative estimate of drug-likeness (QED) is 0.148. The number of nitrogens with zero attached hydrogens (tertiary/aromatic N) is 1. The molecule has 0 saturated carbocycles. The van der Waals surface area contributed by atoms with Gasteiger partial charge in [-0.15, -0.1) is 0 Å². The smallest absolute Gasteiger partial charge is 0.326 e. The Morgan fingerprint density at radius 1 is 0.643 bits per heavy atom. The van der Waals surface area contributed by atoms with Crippen LogP contribution in [0.25, 0.3) is 0 Å². The number of amides is 4. The van der Waals surface area contributed by atoms with Crippen LogP contribution in [-0.4, -0.2) is 74.9 Å². The Bertz CT molecular complexity index is 1030. The predicted octanol–water partition coefficient (Wildman–Crippen LogP) is 2.11.